The van der Waals surface area contributed by atoms with Crippen molar-refractivity contribution in [1.29, 1.82) is 0 Å². The maximum Gasteiger partial charge on any atom is 0.332 e. The van der Waals surface area contributed by atoms with Crippen molar-refractivity contribution in [2.45, 2.75) is 18.9 Å². The Labute approximate surface area is 175 Å². The third kappa shape index (κ3) is 2.49. The molecular formula is C21H18FN4O5-. The van der Waals surface area contributed by atoms with Crippen LogP contribution in [0, 0.1) is 11.0 Å². The molecule has 1 aromatic heterocycles. The maximum atomic E-state index is 13.8. The van der Waals surface area contributed by atoms with Crippen molar-refractivity contribution >= 4 is 34.2 Å². The minimum Gasteiger partial charge on any atom is -0.733 e. The highest BCUT2D eigenvalue weighted by atomic mass is 19.1. The first kappa shape index (κ1) is 19.3. The summed E-state index contributed by atoms with van der Waals surface area (Å²) in [5.74, 6) is -0.830. The number of halogens is 1. The van der Waals surface area contributed by atoms with Crippen LogP contribution in [0.3, 0.4) is 0 Å². The number of anilines is 2. The van der Waals surface area contributed by atoms with Crippen molar-refractivity contribution in [2.24, 2.45) is 0 Å². The van der Waals surface area contributed by atoms with Crippen LogP contribution in [0.5, 0.6) is 5.75 Å². The number of nitrogens with one attached hydrogen (secondary N) is 1. The molecule has 2 aliphatic rings. The average Bonchev–Trinajstić information content (AvgIpc) is 3.22. The Hall–Kier alpha value is -3.63. The predicted molar refractivity (Wildman–Crippen MR) is 110 cm³/mol. The molecule has 2 aromatic carbocycles. The summed E-state index contributed by atoms with van der Waals surface area (Å²) in [6, 6.07) is 8.08. The van der Waals surface area contributed by atoms with E-state index in [4.69, 9.17) is 9.94 Å². The number of amides is 3. The molecule has 0 spiro atoms. The predicted octanol–water partition coefficient (Wildman–Crippen LogP) is 3.25. The largest absolute Gasteiger partial charge is 0.733 e. The van der Waals surface area contributed by atoms with E-state index in [1.165, 1.54) is 11.0 Å². The zero-order valence-electron chi connectivity index (χ0n) is 16.7. The number of carbonyl (C=O) groups excluding carboxylic acids is 2. The second kappa shape index (κ2) is 6.43. The van der Waals surface area contributed by atoms with E-state index in [2.05, 4.69) is 4.98 Å². The fourth-order valence-electron chi connectivity index (χ4n) is 4.56. The fourth-order valence-corrected chi connectivity index (χ4v) is 4.56. The molecule has 1 fully saturated rings. The van der Waals surface area contributed by atoms with Gasteiger partial charge in [-0.2, -0.15) is 0 Å². The van der Waals surface area contributed by atoms with E-state index in [-0.39, 0.29) is 5.69 Å². The second-order valence-electron chi connectivity index (χ2n) is 7.70. The molecule has 3 amide bonds. The van der Waals surface area contributed by atoms with Crippen molar-refractivity contribution < 1.29 is 23.9 Å². The maximum absolute atomic E-state index is 13.8. The third-order valence-electron chi connectivity index (χ3n) is 6.16. The Kier molecular flexibility index (Phi) is 4.01. The second-order valence-corrected chi connectivity index (χ2v) is 7.70. The Morgan fingerprint density at radius 2 is 2.03 bits per heavy atom. The number of rotatable bonds is 3. The lowest BCUT2D eigenvalue weighted by Crippen LogP contribution is -2.49. The molecule has 31 heavy (non-hydrogen) atoms. The van der Waals surface area contributed by atoms with E-state index in [9.17, 15) is 19.2 Å². The van der Waals surface area contributed by atoms with Crippen molar-refractivity contribution in [3.05, 3.63) is 58.7 Å². The van der Waals surface area contributed by atoms with Gasteiger partial charge in [0.2, 0.25) is 0 Å². The van der Waals surface area contributed by atoms with E-state index < -0.39 is 34.2 Å². The summed E-state index contributed by atoms with van der Waals surface area (Å²) >= 11 is 0. The first-order valence-electron chi connectivity index (χ1n) is 9.58. The molecule has 3 heterocycles. The van der Waals surface area contributed by atoms with Gasteiger partial charge in [0.1, 0.15) is 11.6 Å². The zero-order chi connectivity index (χ0) is 22.1. The number of fused-ring (bicyclic) bond motifs is 5. The van der Waals surface area contributed by atoms with Crippen LogP contribution in [0.2, 0.25) is 0 Å². The highest BCUT2D eigenvalue weighted by molar-refractivity contribution is 6.23. The summed E-state index contributed by atoms with van der Waals surface area (Å²) in [5.41, 5.74) is 0.359. The van der Waals surface area contributed by atoms with Crippen molar-refractivity contribution in [3.8, 4) is 5.75 Å². The number of H-pyrrole nitrogens is 1. The van der Waals surface area contributed by atoms with E-state index in [0.29, 0.717) is 24.4 Å². The average molecular weight is 425 g/mol. The third-order valence-corrected chi connectivity index (χ3v) is 6.16. The van der Waals surface area contributed by atoms with Gasteiger partial charge in [0.25, 0.3) is 5.91 Å². The monoisotopic (exact) mass is 425 g/mol. The zero-order valence-corrected chi connectivity index (χ0v) is 16.7. The molecule has 5 rings (SSSR count). The molecule has 0 radical (unpaired) electrons. The van der Waals surface area contributed by atoms with E-state index >= 15 is 0 Å². The number of hydrogen-bond acceptors (Lipinski definition) is 6. The molecule has 0 bridgehead atoms. The number of aromatic nitrogens is 1. The van der Waals surface area contributed by atoms with Gasteiger partial charge in [-0.15, -0.1) is 0 Å². The number of aromatic amines is 1. The Balaban J connectivity index is 1.65. The van der Waals surface area contributed by atoms with E-state index in [1.54, 1.807) is 14.0 Å². The van der Waals surface area contributed by atoms with E-state index in [0.717, 1.165) is 33.5 Å². The molecule has 1 saturated heterocycles. The Morgan fingerprint density at radius 3 is 2.74 bits per heavy atom. The quantitative estimate of drug-likeness (QED) is 0.492. The van der Waals surface area contributed by atoms with Gasteiger partial charge >= 0.3 is 6.03 Å². The van der Waals surface area contributed by atoms with Gasteiger partial charge in [-0.05, 0) is 55.3 Å². The molecule has 1 unspecified atom stereocenters. The van der Waals surface area contributed by atoms with E-state index in [1.807, 2.05) is 18.2 Å². The number of urea groups is 1. The Morgan fingerprint density at radius 1 is 1.26 bits per heavy atom. The lowest BCUT2D eigenvalue weighted by Gasteiger charge is -2.35. The smallest absolute Gasteiger partial charge is 0.332 e. The first-order valence-corrected chi connectivity index (χ1v) is 9.58. The molecule has 9 nitrogen and oxygen atoms in total. The molecule has 160 valence electrons. The summed E-state index contributed by atoms with van der Waals surface area (Å²) in [6.45, 7) is 1.96. The standard InChI is InChI=1S/C21H18FN4O5/c1-21-18-13(14-10-12(31-2)4-6-16(14)23-18)7-8-24(21)20(28)25(19(21)27)11-3-5-15(22)17(9-11)26(29)30/h3-6,9-10,23,29H,7-8H2,1-2H3/q-1. The van der Waals surface area contributed by atoms with Crippen LogP contribution >= 0.6 is 0 Å². The number of nitrogens with zero attached hydrogens (tertiary/aromatic N) is 3. The molecule has 2 aliphatic heterocycles. The molecular weight excluding hydrogens is 407 g/mol. The van der Waals surface area contributed by atoms with Gasteiger partial charge < -0.3 is 25.1 Å². The van der Waals surface area contributed by atoms with Crippen LogP contribution in [-0.4, -0.2) is 40.7 Å². The van der Waals surface area contributed by atoms with Crippen molar-refractivity contribution in [2.75, 3.05) is 23.8 Å². The van der Waals surface area contributed by atoms with Crippen LogP contribution in [0.25, 0.3) is 10.9 Å². The summed E-state index contributed by atoms with van der Waals surface area (Å²) in [6.07, 6.45) is 0.532. The fraction of sp³-hybridized carbons (Fsp3) is 0.238. The first-order chi connectivity index (χ1) is 14.8. The summed E-state index contributed by atoms with van der Waals surface area (Å²) in [5, 5.41) is 20.7. The SMILES string of the molecule is COc1ccc2[nH]c3c(c2c1)CCN1C(=O)N(c2ccc(F)c(N([O-])O)c2)C(=O)C31C. The van der Waals surface area contributed by atoms with Gasteiger partial charge in [-0.3, -0.25) is 10.0 Å². The summed E-state index contributed by atoms with van der Waals surface area (Å²) in [7, 11) is 1.58. The number of carbonyl (C=O) groups is 2. The van der Waals surface area contributed by atoms with Crippen molar-refractivity contribution in [3.63, 3.8) is 0 Å². The topological polar surface area (TPSA) is 112 Å². The van der Waals surface area contributed by atoms with Gasteiger partial charge in [0.05, 0.1) is 24.2 Å². The van der Waals surface area contributed by atoms with Crippen LogP contribution in [0.1, 0.15) is 18.2 Å². The lowest BCUT2D eigenvalue weighted by atomic mass is 9.87. The van der Waals surface area contributed by atoms with Gasteiger partial charge in [0, 0.05) is 17.4 Å². The van der Waals surface area contributed by atoms with Crippen LogP contribution in [0.15, 0.2) is 36.4 Å². The lowest BCUT2D eigenvalue weighted by molar-refractivity contribution is -0.125. The van der Waals surface area contributed by atoms with Crippen LogP contribution < -0.4 is 14.9 Å². The van der Waals surface area contributed by atoms with Gasteiger partial charge in [-0.1, -0.05) is 0 Å². The highest BCUT2D eigenvalue weighted by Crippen LogP contribution is 2.46. The summed E-state index contributed by atoms with van der Waals surface area (Å²) < 4.78 is 19.1. The molecule has 0 aliphatic carbocycles. The number of hydrogen-bond donors (Lipinski definition) is 2. The van der Waals surface area contributed by atoms with Crippen LogP contribution in [0.4, 0.5) is 20.6 Å². The molecule has 0 saturated carbocycles. The normalized spacial score (nSPS) is 20.3. The number of methoxy groups -OCH3 is 1. The van der Waals surface area contributed by atoms with Gasteiger partial charge in [0.15, 0.2) is 5.54 Å². The minimum absolute atomic E-state index is 0.00347. The van der Waals surface area contributed by atoms with Crippen LogP contribution in [-0.2, 0) is 16.8 Å². The van der Waals surface area contributed by atoms with Gasteiger partial charge in [-0.25, -0.2) is 14.1 Å². The number of benzene rings is 2. The molecule has 2 N–H and O–H groups in total. The molecule has 10 heteroatoms. The summed E-state index contributed by atoms with van der Waals surface area (Å²) in [4.78, 5) is 32.4. The Bertz CT molecular complexity index is 1260. The molecule has 3 aromatic rings. The minimum atomic E-state index is -1.30. The number of ether oxygens (including phenoxy) is 1. The van der Waals surface area contributed by atoms with Crippen molar-refractivity contribution in [1.82, 2.24) is 9.88 Å². The molecule has 1 atom stereocenters. The highest BCUT2D eigenvalue weighted by Gasteiger charge is 2.59. The number of imide groups is 1.